The Morgan fingerprint density at radius 3 is 1.51 bits per heavy atom. The average molecular weight is 645 g/mol. The van der Waals surface area contributed by atoms with Gasteiger partial charge in [0.15, 0.2) is 7.14 Å². The molecule has 0 radical (unpaired) electrons. The van der Waals surface area contributed by atoms with Crippen LogP contribution in [0.15, 0.2) is 170 Å². The maximum absolute atomic E-state index is 15.1. The molecule has 0 aliphatic rings. The van der Waals surface area contributed by atoms with Gasteiger partial charge in [-0.3, -0.25) is 0 Å². The fourth-order valence-corrected chi connectivity index (χ4v) is 9.90. The van der Waals surface area contributed by atoms with Gasteiger partial charge in [0.25, 0.3) is 0 Å². The van der Waals surface area contributed by atoms with Crippen LogP contribution in [0.5, 0.6) is 0 Å². The van der Waals surface area contributed by atoms with Crippen LogP contribution in [0.25, 0.3) is 60.6 Å². The molecule has 0 bridgehead atoms. The first-order chi connectivity index (χ1) is 24.1. The van der Waals surface area contributed by atoms with Crippen molar-refractivity contribution in [3.05, 3.63) is 181 Å². The van der Waals surface area contributed by atoms with Gasteiger partial charge in [0.05, 0.1) is 0 Å². The summed E-state index contributed by atoms with van der Waals surface area (Å²) in [6, 6.07) is 56.8. The summed E-state index contributed by atoms with van der Waals surface area (Å²) < 4.78 is 15.1. The number of hydrogen-bond donors (Lipinski definition) is 0. The normalized spacial score (nSPS) is 11.8. The third-order valence-electron chi connectivity index (χ3n) is 9.56. The van der Waals surface area contributed by atoms with Crippen molar-refractivity contribution in [2.45, 2.75) is 6.92 Å². The lowest BCUT2D eigenvalue weighted by atomic mass is 9.85. The minimum absolute atomic E-state index is 0.835. The molecule has 0 aliphatic carbocycles. The molecule has 0 N–H and O–H groups in total. The van der Waals surface area contributed by atoms with Crippen LogP contribution in [0.1, 0.15) is 11.1 Å². The zero-order valence-electron chi connectivity index (χ0n) is 27.2. The van der Waals surface area contributed by atoms with Crippen molar-refractivity contribution in [3.63, 3.8) is 0 Å². The van der Waals surface area contributed by atoms with Gasteiger partial charge in [0, 0.05) is 15.9 Å². The lowest BCUT2D eigenvalue weighted by molar-refractivity contribution is 0.592. The zero-order chi connectivity index (χ0) is 33.4. The Balaban J connectivity index is 1.31. The van der Waals surface area contributed by atoms with Crippen molar-refractivity contribution < 1.29 is 4.57 Å². The Bertz CT molecular complexity index is 2540. The van der Waals surface area contributed by atoms with Gasteiger partial charge in [-0.05, 0) is 96.9 Å². The van der Waals surface area contributed by atoms with Crippen molar-refractivity contribution in [1.29, 1.82) is 0 Å². The molecule has 0 saturated heterocycles. The monoisotopic (exact) mass is 644 g/mol. The molecule has 0 atom stereocenters. The second-order valence-corrected chi connectivity index (χ2v) is 15.2. The molecule has 8 rings (SSSR count). The van der Waals surface area contributed by atoms with Gasteiger partial charge in [-0.25, -0.2) is 0 Å². The Morgan fingerprint density at radius 1 is 0.510 bits per heavy atom. The van der Waals surface area contributed by atoms with Crippen molar-refractivity contribution in [1.82, 2.24) is 0 Å². The van der Waals surface area contributed by atoms with Gasteiger partial charge in [-0.15, -0.1) is 6.42 Å². The summed E-state index contributed by atoms with van der Waals surface area (Å²) in [6.45, 7) is 2.14. The molecule has 8 aromatic carbocycles. The van der Waals surface area contributed by atoms with Gasteiger partial charge in [0.1, 0.15) is 0 Å². The van der Waals surface area contributed by atoms with Crippen molar-refractivity contribution >= 4 is 61.4 Å². The van der Waals surface area contributed by atoms with E-state index in [9.17, 15) is 0 Å². The first-order valence-electron chi connectivity index (χ1n) is 16.5. The highest BCUT2D eigenvalue weighted by Crippen LogP contribution is 2.46. The summed E-state index contributed by atoms with van der Waals surface area (Å²) in [4.78, 5) is 0. The van der Waals surface area contributed by atoms with E-state index in [0.717, 1.165) is 37.8 Å². The second kappa shape index (κ2) is 12.6. The first kappa shape index (κ1) is 30.4. The summed E-state index contributed by atoms with van der Waals surface area (Å²) in [5.41, 5.74) is 7.08. The molecule has 0 unspecified atom stereocenters. The summed E-state index contributed by atoms with van der Waals surface area (Å²) in [5, 5.41) is 9.52. The molecule has 232 valence electrons. The van der Waals surface area contributed by atoms with Crippen LogP contribution in [0.3, 0.4) is 0 Å². The molecule has 0 fully saturated rings. The largest absolute Gasteiger partial charge is 0.309 e. The van der Waals surface area contributed by atoms with E-state index in [1.54, 1.807) is 6.08 Å². The van der Waals surface area contributed by atoms with E-state index in [1.165, 1.54) is 43.8 Å². The number of hydrogen-bond acceptors (Lipinski definition) is 1. The highest BCUT2D eigenvalue weighted by atomic mass is 31.2. The van der Waals surface area contributed by atoms with Gasteiger partial charge in [0.2, 0.25) is 0 Å². The van der Waals surface area contributed by atoms with Crippen LogP contribution in [0.4, 0.5) is 0 Å². The number of benzene rings is 8. The summed E-state index contributed by atoms with van der Waals surface area (Å²) >= 11 is 0. The molecule has 0 saturated carbocycles. The Kier molecular flexibility index (Phi) is 7.81. The Morgan fingerprint density at radius 2 is 0.980 bits per heavy atom. The van der Waals surface area contributed by atoms with Crippen LogP contribution in [-0.2, 0) is 4.57 Å². The standard InChI is InChI=1S/C47H33OP/c1-3-4-15-34-24-26-37(30-33(34)2)46-42-20-11-13-22-44(42)47(45-23-14-12-21-43(45)46)38-27-25-36-32-41(29-28-35(36)31-38)49(48,39-16-7-5-8-17-39)40-18-9-6-10-19-40/h1,4-32H,2H3/b15-4-. The quantitative estimate of drug-likeness (QED) is 0.100. The SMILES string of the molecule is C#C/C=C\c1ccc(-c2c3ccccc3c(-c3ccc4cc(P(=O)(c5ccccc5)c5ccccc5)ccc4c3)c3ccccc23)cc1C. The molecule has 0 aromatic heterocycles. The third kappa shape index (κ3) is 5.28. The molecule has 2 heteroatoms. The van der Waals surface area contributed by atoms with E-state index in [4.69, 9.17) is 6.42 Å². The van der Waals surface area contributed by atoms with Crippen molar-refractivity contribution in [3.8, 4) is 34.6 Å². The number of fused-ring (bicyclic) bond motifs is 3. The predicted octanol–water partition coefficient (Wildman–Crippen LogP) is 11.1. The lowest BCUT2D eigenvalue weighted by Crippen LogP contribution is -2.24. The van der Waals surface area contributed by atoms with Gasteiger partial charge >= 0.3 is 0 Å². The van der Waals surface area contributed by atoms with E-state index in [-0.39, 0.29) is 0 Å². The smallest absolute Gasteiger partial charge is 0.171 e. The van der Waals surface area contributed by atoms with E-state index < -0.39 is 7.14 Å². The topological polar surface area (TPSA) is 17.1 Å². The molecule has 8 aromatic rings. The highest BCUT2D eigenvalue weighted by Gasteiger charge is 2.29. The molecular formula is C47H33OP. The van der Waals surface area contributed by atoms with Crippen molar-refractivity contribution in [2.75, 3.05) is 0 Å². The van der Waals surface area contributed by atoms with Crippen LogP contribution in [0, 0.1) is 19.3 Å². The van der Waals surface area contributed by atoms with Crippen LogP contribution in [-0.4, -0.2) is 0 Å². The average Bonchev–Trinajstić information content (AvgIpc) is 3.16. The Labute approximate surface area is 287 Å². The lowest BCUT2D eigenvalue weighted by Gasteiger charge is -2.21. The first-order valence-corrected chi connectivity index (χ1v) is 18.2. The molecule has 49 heavy (non-hydrogen) atoms. The van der Waals surface area contributed by atoms with Crippen LogP contribution < -0.4 is 15.9 Å². The van der Waals surface area contributed by atoms with E-state index in [2.05, 4.69) is 116 Å². The van der Waals surface area contributed by atoms with Gasteiger partial charge < -0.3 is 4.57 Å². The number of terminal acetylenes is 1. The minimum atomic E-state index is -3.08. The van der Waals surface area contributed by atoms with Gasteiger partial charge in [-0.2, -0.15) is 0 Å². The Hall–Kier alpha value is -5.93. The number of aryl methyl sites for hydroxylation is 1. The fourth-order valence-electron chi connectivity index (χ4n) is 7.21. The van der Waals surface area contributed by atoms with E-state index in [1.807, 2.05) is 66.7 Å². The molecule has 1 nitrogen and oxygen atoms in total. The van der Waals surface area contributed by atoms with E-state index >= 15 is 4.57 Å². The van der Waals surface area contributed by atoms with Gasteiger partial charge in [-0.1, -0.05) is 158 Å². The van der Waals surface area contributed by atoms with Crippen LogP contribution in [0.2, 0.25) is 0 Å². The molecule has 0 aliphatic heterocycles. The second-order valence-electron chi connectivity index (χ2n) is 12.4. The minimum Gasteiger partial charge on any atom is -0.309 e. The number of allylic oxidation sites excluding steroid dienone is 1. The molecule has 0 heterocycles. The molecule has 0 spiro atoms. The number of rotatable bonds is 6. The summed E-state index contributed by atoms with van der Waals surface area (Å²) in [6.07, 6.45) is 9.22. The van der Waals surface area contributed by atoms with E-state index in [0.29, 0.717) is 0 Å². The summed E-state index contributed by atoms with van der Waals surface area (Å²) in [5.74, 6) is 2.60. The highest BCUT2D eigenvalue weighted by molar-refractivity contribution is 7.85. The van der Waals surface area contributed by atoms with Crippen LogP contribution >= 0.6 is 7.14 Å². The fraction of sp³-hybridized carbons (Fsp3) is 0.0213. The maximum Gasteiger partial charge on any atom is 0.171 e. The zero-order valence-corrected chi connectivity index (χ0v) is 28.1. The maximum atomic E-state index is 15.1. The third-order valence-corrected chi connectivity index (χ3v) is 12.6. The molecular weight excluding hydrogens is 611 g/mol. The molecule has 0 amide bonds. The summed E-state index contributed by atoms with van der Waals surface area (Å²) in [7, 11) is -3.08. The van der Waals surface area contributed by atoms with Crippen molar-refractivity contribution in [2.24, 2.45) is 0 Å². The predicted molar refractivity (Wildman–Crippen MR) is 212 cm³/mol.